The van der Waals surface area contributed by atoms with Gasteiger partial charge in [0.2, 0.25) is 0 Å². The second kappa shape index (κ2) is 4.66. The second-order valence-electron chi connectivity index (χ2n) is 5.47. The molecule has 6 heteroatoms. The predicted octanol–water partition coefficient (Wildman–Crippen LogP) is 1.77. The summed E-state index contributed by atoms with van der Waals surface area (Å²) in [6.07, 6.45) is 2.48. The molecule has 1 N–H and O–H groups in total. The molecule has 102 valence electrons. The number of piperidine rings is 1. The van der Waals surface area contributed by atoms with Crippen LogP contribution in [0.4, 0.5) is 0 Å². The van der Waals surface area contributed by atoms with Crippen LogP contribution in [0.25, 0.3) is 0 Å². The van der Waals surface area contributed by atoms with Crippen molar-refractivity contribution in [1.82, 2.24) is 14.3 Å². The third-order valence-electron chi connectivity index (χ3n) is 3.81. The van der Waals surface area contributed by atoms with Gasteiger partial charge in [-0.15, -0.1) is 0 Å². The summed E-state index contributed by atoms with van der Waals surface area (Å²) in [6, 6.07) is 0.0369. The highest BCUT2D eigenvalue weighted by Gasteiger charge is 2.37. The van der Waals surface area contributed by atoms with Crippen molar-refractivity contribution >= 4 is 10.0 Å². The Hall–Kier alpha value is -0.880. The monoisotopic (exact) mass is 271 g/mol. The lowest BCUT2D eigenvalue weighted by Crippen LogP contribution is -2.48. The molecule has 1 fully saturated rings. The standard InChI is InChI=1S/C12H21N3O2S/c1-8-5-9(2)10(3)15(7-8)18(16,17)12-6-13-11(4)14-12/h6,8-10H,5,7H2,1-4H3,(H,13,14). The van der Waals surface area contributed by atoms with Crippen molar-refractivity contribution in [2.75, 3.05) is 6.54 Å². The third-order valence-corrected chi connectivity index (χ3v) is 5.67. The van der Waals surface area contributed by atoms with Crippen LogP contribution in [0.15, 0.2) is 11.2 Å². The molecule has 0 aromatic carbocycles. The van der Waals surface area contributed by atoms with Gasteiger partial charge in [0, 0.05) is 12.6 Å². The molecule has 1 saturated heterocycles. The van der Waals surface area contributed by atoms with E-state index >= 15 is 0 Å². The minimum atomic E-state index is -3.44. The number of rotatable bonds is 2. The van der Waals surface area contributed by atoms with Gasteiger partial charge in [-0.1, -0.05) is 13.8 Å². The van der Waals surface area contributed by atoms with Crippen LogP contribution in [0.1, 0.15) is 33.0 Å². The predicted molar refractivity (Wildman–Crippen MR) is 69.6 cm³/mol. The Morgan fingerprint density at radius 2 is 2.06 bits per heavy atom. The molecule has 3 unspecified atom stereocenters. The summed E-state index contributed by atoms with van der Waals surface area (Å²) >= 11 is 0. The number of aryl methyl sites for hydroxylation is 1. The highest BCUT2D eigenvalue weighted by molar-refractivity contribution is 7.89. The van der Waals surface area contributed by atoms with Crippen LogP contribution >= 0.6 is 0 Å². The van der Waals surface area contributed by atoms with Gasteiger partial charge >= 0.3 is 0 Å². The topological polar surface area (TPSA) is 66.1 Å². The Morgan fingerprint density at radius 1 is 1.39 bits per heavy atom. The van der Waals surface area contributed by atoms with Crippen LogP contribution in [0.2, 0.25) is 0 Å². The Kier molecular flexibility index (Phi) is 3.51. The minimum absolute atomic E-state index is 0.0369. The van der Waals surface area contributed by atoms with Gasteiger partial charge in [-0.3, -0.25) is 0 Å². The number of hydrogen-bond acceptors (Lipinski definition) is 3. The van der Waals surface area contributed by atoms with Gasteiger partial charge in [0.1, 0.15) is 5.82 Å². The van der Waals surface area contributed by atoms with Gasteiger partial charge < -0.3 is 4.98 Å². The maximum atomic E-state index is 12.6. The Bertz CT molecular complexity index is 523. The van der Waals surface area contributed by atoms with Crippen LogP contribution in [-0.2, 0) is 10.0 Å². The van der Waals surface area contributed by atoms with Gasteiger partial charge in [-0.25, -0.2) is 13.4 Å². The number of sulfonamides is 1. The van der Waals surface area contributed by atoms with Crippen LogP contribution in [0.3, 0.4) is 0 Å². The maximum Gasteiger partial charge on any atom is 0.260 e. The van der Waals surface area contributed by atoms with E-state index in [9.17, 15) is 8.42 Å². The first-order chi connectivity index (χ1) is 8.32. The summed E-state index contributed by atoms with van der Waals surface area (Å²) < 4.78 is 26.7. The van der Waals surface area contributed by atoms with Crippen LogP contribution in [0.5, 0.6) is 0 Å². The third kappa shape index (κ3) is 2.31. The largest absolute Gasteiger partial charge is 0.332 e. The molecule has 2 heterocycles. The first-order valence-corrected chi connectivity index (χ1v) is 7.80. The summed E-state index contributed by atoms with van der Waals surface area (Å²) in [6.45, 7) is 8.54. The van der Waals surface area contributed by atoms with Crippen molar-refractivity contribution in [3.63, 3.8) is 0 Å². The molecule has 1 aliphatic heterocycles. The Labute approximate surface area is 109 Å². The van der Waals surface area contributed by atoms with Crippen molar-refractivity contribution in [3.05, 3.63) is 12.0 Å². The smallest absolute Gasteiger partial charge is 0.260 e. The van der Waals surface area contributed by atoms with E-state index in [0.717, 1.165) is 6.42 Å². The van der Waals surface area contributed by atoms with E-state index < -0.39 is 10.0 Å². The summed E-state index contributed by atoms with van der Waals surface area (Å²) in [7, 11) is -3.44. The van der Waals surface area contributed by atoms with E-state index in [0.29, 0.717) is 24.2 Å². The second-order valence-corrected chi connectivity index (χ2v) is 7.33. The quantitative estimate of drug-likeness (QED) is 0.891. The van der Waals surface area contributed by atoms with Gasteiger partial charge in [-0.05, 0) is 32.1 Å². The fourth-order valence-electron chi connectivity index (χ4n) is 2.64. The summed E-state index contributed by atoms with van der Waals surface area (Å²) in [4.78, 5) is 6.80. The molecule has 5 nitrogen and oxygen atoms in total. The molecule has 1 aliphatic rings. The average molecular weight is 271 g/mol. The Balaban J connectivity index is 2.34. The van der Waals surface area contributed by atoms with E-state index in [2.05, 4.69) is 23.8 Å². The number of nitrogens with zero attached hydrogens (tertiary/aromatic N) is 2. The number of imidazole rings is 1. The lowest BCUT2D eigenvalue weighted by Gasteiger charge is -2.39. The molecule has 18 heavy (non-hydrogen) atoms. The number of nitrogens with one attached hydrogen (secondary N) is 1. The van der Waals surface area contributed by atoms with E-state index in [1.807, 2.05) is 6.92 Å². The number of hydrogen-bond donors (Lipinski definition) is 1. The number of aromatic nitrogens is 2. The molecule has 1 aromatic rings. The van der Waals surface area contributed by atoms with E-state index in [4.69, 9.17) is 0 Å². The highest BCUT2D eigenvalue weighted by atomic mass is 32.2. The molecular weight excluding hydrogens is 250 g/mol. The molecule has 0 amide bonds. The van der Waals surface area contributed by atoms with Gasteiger partial charge in [0.25, 0.3) is 10.0 Å². The zero-order chi connectivity index (χ0) is 13.5. The molecule has 0 spiro atoms. The highest BCUT2D eigenvalue weighted by Crippen LogP contribution is 2.31. The first-order valence-electron chi connectivity index (χ1n) is 6.36. The van der Waals surface area contributed by atoms with E-state index in [-0.39, 0.29) is 11.1 Å². The minimum Gasteiger partial charge on any atom is -0.332 e. The van der Waals surface area contributed by atoms with Crippen LogP contribution < -0.4 is 0 Å². The first kappa shape index (κ1) is 13.5. The SMILES string of the molecule is Cc1ncc(S(=O)(=O)N2CC(C)CC(C)C2C)[nH]1. The molecule has 0 aliphatic carbocycles. The number of aromatic amines is 1. The normalized spacial score (nSPS) is 30.6. The molecule has 1 aromatic heterocycles. The molecule has 0 bridgehead atoms. The van der Waals surface area contributed by atoms with Crippen molar-refractivity contribution in [1.29, 1.82) is 0 Å². The molecular formula is C12H21N3O2S. The number of H-pyrrole nitrogens is 1. The summed E-state index contributed by atoms with van der Waals surface area (Å²) in [5.41, 5.74) is 0. The molecule has 0 radical (unpaired) electrons. The molecule has 0 saturated carbocycles. The zero-order valence-corrected chi connectivity index (χ0v) is 12.2. The Morgan fingerprint density at radius 3 is 2.61 bits per heavy atom. The van der Waals surface area contributed by atoms with E-state index in [1.54, 1.807) is 11.2 Å². The fourth-order valence-corrected chi connectivity index (χ4v) is 4.45. The van der Waals surface area contributed by atoms with Gasteiger partial charge in [0.15, 0.2) is 5.03 Å². The van der Waals surface area contributed by atoms with Crippen LogP contribution in [0, 0.1) is 18.8 Å². The maximum absolute atomic E-state index is 12.6. The van der Waals surface area contributed by atoms with Crippen molar-refractivity contribution < 1.29 is 8.42 Å². The summed E-state index contributed by atoms with van der Waals surface area (Å²) in [5, 5.41) is 0.202. The lowest BCUT2D eigenvalue weighted by molar-refractivity contribution is 0.157. The van der Waals surface area contributed by atoms with Gasteiger partial charge in [0.05, 0.1) is 6.20 Å². The summed E-state index contributed by atoms with van der Waals surface area (Å²) in [5.74, 6) is 1.40. The fraction of sp³-hybridized carbons (Fsp3) is 0.750. The van der Waals surface area contributed by atoms with E-state index in [1.165, 1.54) is 6.20 Å². The van der Waals surface area contributed by atoms with Crippen molar-refractivity contribution in [2.24, 2.45) is 11.8 Å². The van der Waals surface area contributed by atoms with Gasteiger partial charge in [-0.2, -0.15) is 4.31 Å². The van der Waals surface area contributed by atoms with Crippen molar-refractivity contribution in [2.45, 2.75) is 45.2 Å². The van der Waals surface area contributed by atoms with Crippen LogP contribution in [-0.4, -0.2) is 35.3 Å². The molecule has 2 rings (SSSR count). The van der Waals surface area contributed by atoms with Crippen molar-refractivity contribution in [3.8, 4) is 0 Å². The lowest BCUT2D eigenvalue weighted by atomic mass is 9.88. The zero-order valence-electron chi connectivity index (χ0n) is 11.3. The molecule has 3 atom stereocenters. The average Bonchev–Trinajstić information content (AvgIpc) is 2.70.